The van der Waals surface area contributed by atoms with E-state index >= 15 is 0 Å². The molecule has 0 saturated carbocycles. The molecule has 0 aliphatic rings. The normalized spacial score (nSPS) is 12.7. The average molecular weight is 581 g/mol. The predicted molar refractivity (Wildman–Crippen MR) is 127 cm³/mol. The van der Waals surface area contributed by atoms with Gasteiger partial charge in [-0.3, -0.25) is 9.69 Å². The fourth-order valence-corrected chi connectivity index (χ4v) is 3.92. The van der Waals surface area contributed by atoms with E-state index in [-0.39, 0.29) is 25.5 Å². The Morgan fingerprint density at radius 2 is 1.84 bits per heavy atom. The maximum Gasteiger partial charge on any atom is 0.411 e. The van der Waals surface area contributed by atoms with E-state index in [1.807, 2.05) is 0 Å². The minimum absolute atomic E-state index is 0.0261. The lowest BCUT2D eigenvalue weighted by atomic mass is 10.1. The molecule has 1 aromatic carbocycles. The van der Waals surface area contributed by atoms with Gasteiger partial charge in [0.15, 0.2) is 5.03 Å². The van der Waals surface area contributed by atoms with Crippen LogP contribution in [0.5, 0.6) is 0 Å². The molecule has 12 nitrogen and oxygen atoms in total. The highest BCUT2D eigenvalue weighted by molar-refractivity contribution is 9.11. The fourth-order valence-electron chi connectivity index (χ4n) is 2.63. The molecule has 0 aromatic heterocycles. The summed E-state index contributed by atoms with van der Waals surface area (Å²) in [5, 5.41) is 14.9. The lowest BCUT2D eigenvalue weighted by Gasteiger charge is -2.32. The Balaban J connectivity index is 3.08. The van der Waals surface area contributed by atoms with Crippen LogP contribution in [0.25, 0.3) is 0 Å². The standard InChI is InChI=1S/C18H27Br2N7O5/c1-18(2,3)32-17(29)26(9-10-7-11(19)14(21)12(20)8-10)13(15(22)28)5-4-6-24-16(23)25-27(30)31/h7-8,13H,4-6,9,21H2,1-3H3,(H2,22,28)(H3,23,24,25)/t13-/m1/s1. The highest BCUT2D eigenvalue weighted by Gasteiger charge is 2.32. The quantitative estimate of drug-likeness (QED) is 0.0852. The number of rotatable bonds is 9. The number of nitrogens with one attached hydrogen (secondary N) is 1. The SMILES string of the molecule is CC(C)(C)OC(=O)N(Cc1cc(Br)c(N)c(Br)c1)[C@H](CCCNC(N)=N[N+](=O)[O-])C(N)=O. The molecule has 0 saturated heterocycles. The number of halogens is 2. The van der Waals surface area contributed by atoms with Gasteiger partial charge in [-0.25, -0.2) is 14.9 Å². The molecule has 178 valence electrons. The van der Waals surface area contributed by atoms with Gasteiger partial charge in [0, 0.05) is 22.0 Å². The van der Waals surface area contributed by atoms with Gasteiger partial charge in [0.2, 0.25) is 5.91 Å². The van der Waals surface area contributed by atoms with Crippen molar-refractivity contribution in [3.05, 3.63) is 36.8 Å². The lowest BCUT2D eigenvalue weighted by Crippen LogP contribution is -2.49. The Labute approximate surface area is 202 Å². The third-order valence-electron chi connectivity index (χ3n) is 3.97. The van der Waals surface area contributed by atoms with Gasteiger partial charge in [0.25, 0.3) is 5.96 Å². The van der Waals surface area contributed by atoms with Gasteiger partial charge in [0.1, 0.15) is 16.7 Å². The molecule has 0 radical (unpaired) electrons. The van der Waals surface area contributed by atoms with Crippen LogP contribution < -0.4 is 22.5 Å². The number of ether oxygens (including phenoxy) is 1. The van der Waals surface area contributed by atoms with E-state index in [9.17, 15) is 19.7 Å². The van der Waals surface area contributed by atoms with E-state index in [0.29, 0.717) is 26.6 Å². The second-order valence-electron chi connectivity index (χ2n) is 7.79. The maximum atomic E-state index is 12.9. The largest absolute Gasteiger partial charge is 0.444 e. The van der Waals surface area contributed by atoms with Gasteiger partial charge in [-0.1, -0.05) is 0 Å². The van der Waals surface area contributed by atoms with Gasteiger partial charge in [-0.15, -0.1) is 0 Å². The van der Waals surface area contributed by atoms with E-state index in [2.05, 4.69) is 42.3 Å². The summed E-state index contributed by atoms with van der Waals surface area (Å²) in [5.41, 5.74) is 17.3. The molecule has 0 heterocycles. The van der Waals surface area contributed by atoms with E-state index in [0.717, 1.165) is 0 Å². The number of hydrogen-bond acceptors (Lipinski definition) is 6. The molecular formula is C18H27Br2N7O5. The summed E-state index contributed by atoms with van der Waals surface area (Å²) in [7, 11) is 0. The molecule has 2 amide bonds. The Morgan fingerprint density at radius 3 is 2.31 bits per heavy atom. The van der Waals surface area contributed by atoms with Crippen LogP contribution >= 0.6 is 31.9 Å². The lowest BCUT2D eigenvalue weighted by molar-refractivity contribution is -0.485. The van der Waals surface area contributed by atoms with Crippen LogP contribution in [-0.2, 0) is 16.1 Å². The van der Waals surface area contributed by atoms with Crippen LogP contribution in [0.3, 0.4) is 0 Å². The number of anilines is 1. The van der Waals surface area contributed by atoms with Crippen LogP contribution in [0.1, 0.15) is 39.2 Å². The number of guanidine groups is 1. The molecule has 7 N–H and O–H groups in total. The first-order valence-corrected chi connectivity index (χ1v) is 11.0. The van der Waals surface area contributed by atoms with Gasteiger partial charge < -0.3 is 27.3 Å². The number of hydrazone groups is 1. The number of hydrogen-bond donors (Lipinski definition) is 4. The second kappa shape index (κ2) is 11.9. The van der Waals surface area contributed by atoms with Crippen molar-refractivity contribution < 1.29 is 19.4 Å². The van der Waals surface area contributed by atoms with Gasteiger partial charge in [-0.2, -0.15) is 0 Å². The number of nitrogen functional groups attached to an aromatic ring is 1. The zero-order chi connectivity index (χ0) is 24.6. The van der Waals surface area contributed by atoms with Crippen molar-refractivity contribution in [2.24, 2.45) is 16.6 Å². The minimum atomic E-state index is -1.00. The number of carbonyl (C=O) groups excluding carboxylic acids is 2. The number of nitrogens with two attached hydrogens (primary N) is 3. The summed E-state index contributed by atoms with van der Waals surface area (Å²) in [6.07, 6.45) is -0.242. The van der Waals surface area contributed by atoms with Gasteiger partial charge >= 0.3 is 6.09 Å². The number of nitrogens with zero attached hydrogens (tertiary/aromatic N) is 3. The molecular weight excluding hydrogens is 554 g/mol. The Bertz CT molecular complexity index is 866. The average Bonchev–Trinajstić information content (AvgIpc) is 2.62. The first-order valence-electron chi connectivity index (χ1n) is 9.46. The van der Waals surface area contributed by atoms with Crippen molar-refractivity contribution >= 4 is 55.5 Å². The summed E-state index contributed by atoms with van der Waals surface area (Å²) in [6, 6.07) is 2.45. The van der Waals surface area contributed by atoms with Crippen molar-refractivity contribution in [2.75, 3.05) is 12.3 Å². The first kappa shape index (κ1) is 27.4. The molecule has 0 spiro atoms. The van der Waals surface area contributed by atoms with Crippen LogP contribution in [-0.4, -0.2) is 46.1 Å². The summed E-state index contributed by atoms with van der Waals surface area (Å²) in [5.74, 6) is -1.09. The summed E-state index contributed by atoms with van der Waals surface area (Å²) >= 11 is 6.72. The fraction of sp³-hybridized carbons (Fsp3) is 0.500. The Kier molecular flexibility index (Phi) is 10.2. The van der Waals surface area contributed by atoms with E-state index < -0.39 is 28.7 Å². The number of nitro groups is 1. The van der Waals surface area contributed by atoms with Crippen molar-refractivity contribution in [1.82, 2.24) is 10.2 Å². The third kappa shape index (κ3) is 9.26. The van der Waals surface area contributed by atoms with Gasteiger partial charge in [-0.05, 0) is 83.2 Å². The number of primary amides is 1. The monoisotopic (exact) mass is 579 g/mol. The van der Waals surface area contributed by atoms with E-state index in [1.54, 1.807) is 32.9 Å². The molecule has 32 heavy (non-hydrogen) atoms. The molecule has 1 atom stereocenters. The molecule has 1 rings (SSSR count). The van der Waals surface area contributed by atoms with E-state index in [1.165, 1.54) is 4.90 Å². The predicted octanol–water partition coefficient (Wildman–Crippen LogP) is 2.26. The van der Waals surface area contributed by atoms with Crippen molar-refractivity contribution in [1.29, 1.82) is 0 Å². The minimum Gasteiger partial charge on any atom is -0.444 e. The number of amides is 2. The van der Waals surface area contributed by atoms with E-state index in [4.69, 9.17) is 21.9 Å². The summed E-state index contributed by atoms with van der Waals surface area (Å²) in [4.78, 5) is 36.7. The van der Waals surface area contributed by atoms with Crippen LogP contribution in [0.15, 0.2) is 26.2 Å². The second-order valence-corrected chi connectivity index (χ2v) is 9.50. The highest BCUT2D eigenvalue weighted by Crippen LogP contribution is 2.30. The molecule has 0 fully saturated rings. The van der Waals surface area contributed by atoms with Crippen molar-refractivity contribution in [2.45, 2.75) is 51.8 Å². The van der Waals surface area contributed by atoms with Crippen LogP contribution in [0.2, 0.25) is 0 Å². The zero-order valence-electron chi connectivity index (χ0n) is 17.9. The van der Waals surface area contributed by atoms with Gasteiger partial charge in [0.05, 0.1) is 5.69 Å². The topological polar surface area (TPSA) is 192 Å². The number of carbonyl (C=O) groups is 2. The highest BCUT2D eigenvalue weighted by atomic mass is 79.9. The summed E-state index contributed by atoms with van der Waals surface area (Å²) < 4.78 is 6.71. The third-order valence-corrected chi connectivity index (χ3v) is 5.29. The van der Waals surface area contributed by atoms with Crippen LogP contribution in [0.4, 0.5) is 10.5 Å². The number of benzene rings is 1. The molecule has 0 aliphatic carbocycles. The summed E-state index contributed by atoms with van der Waals surface area (Å²) in [6.45, 7) is 5.33. The molecule has 0 aliphatic heterocycles. The Morgan fingerprint density at radius 1 is 1.28 bits per heavy atom. The molecule has 14 heteroatoms. The van der Waals surface area contributed by atoms with Crippen molar-refractivity contribution in [3.63, 3.8) is 0 Å². The Hall–Kier alpha value is -2.61. The van der Waals surface area contributed by atoms with Crippen LogP contribution in [0, 0.1) is 10.1 Å². The molecule has 1 aromatic rings. The first-order chi connectivity index (χ1) is 14.7. The van der Waals surface area contributed by atoms with Crippen molar-refractivity contribution in [3.8, 4) is 0 Å². The maximum absolute atomic E-state index is 12.9. The zero-order valence-corrected chi connectivity index (χ0v) is 21.1. The molecule has 0 bridgehead atoms. The smallest absolute Gasteiger partial charge is 0.411 e. The molecule has 0 unspecified atom stereocenters.